The molecule has 5 heteroatoms. The van der Waals surface area contributed by atoms with Gasteiger partial charge in [-0.25, -0.2) is 4.39 Å². The number of aryl methyl sites for hydroxylation is 1. The van der Waals surface area contributed by atoms with E-state index in [1.807, 2.05) is 26.0 Å². The number of carbonyl (C=O) groups is 1. The van der Waals surface area contributed by atoms with Gasteiger partial charge in [0.15, 0.2) is 0 Å². The van der Waals surface area contributed by atoms with Crippen LogP contribution in [0.3, 0.4) is 0 Å². The van der Waals surface area contributed by atoms with Crippen LogP contribution in [-0.4, -0.2) is 12.5 Å². The number of amides is 1. The lowest BCUT2D eigenvalue weighted by molar-refractivity contribution is 0.102. The van der Waals surface area contributed by atoms with Crippen LogP contribution in [-0.2, 0) is 0 Å². The van der Waals surface area contributed by atoms with E-state index in [4.69, 9.17) is 0 Å². The summed E-state index contributed by atoms with van der Waals surface area (Å²) in [6.07, 6.45) is 0. The Morgan fingerprint density at radius 3 is 2.62 bits per heavy atom. The third-order valence-electron chi connectivity index (χ3n) is 3.03. The van der Waals surface area contributed by atoms with Crippen LogP contribution in [0.15, 0.2) is 40.9 Å². The maximum Gasteiger partial charge on any atom is 0.255 e. The molecule has 2 aromatic carbocycles. The van der Waals surface area contributed by atoms with Crippen LogP contribution in [0.4, 0.5) is 15.8 Å². The molecule has 2 N–H and O–H groups in total. The lowest BCUT2D eigenvalue weighted by Crippen LogP contribution is -2.12. The van der Waals surface area contributed by atoms with Crippen LogP contribution in [0.25, 0.3) is 0 Å². The number of carbonyl (C=O) groups excluding carboxylic acids is 1. The van der Waals surface area contributed by atoms with E-state index >= 15 is 0 Å². The quantitative estimate of drug-likeness (QED) is 0.847. The van der Waals surface area contributed by atoms with Crippen molar-refractivity contribution in [2.75, 3.05) is 17.2 Å². The van der Waals surface area contributed by atoms with Gasteiger partial charge in [0, 0.05) is 23.5 Å². The first-order chi connectivity index (χ1) is 10.0. The average Bonchev–Trinajstić information content (AvgIpc) is 2.45. The molecule has 0 unspecified atom stereocenters. The van der Waals surface area contributed by atoms with Gasteiger partial charge in [-0.1, -0.05) is 0 Å². The standard InChI is InChI=1S/C16H16BrFN2O/c1-3-19-15-7-4-11(8-10(15)2)16(21)20-12-5-6-13(17)14(18)9-12/h4-9,19H,3H2,1-2H3,(H,20,21). The van der Waals surface area contributed by atoms with Crippen LogP contribution in [0.2, 0.25) is 0 Å². The van der Waals surface area contributed by atoms with Crippen molar-refractivity contribution >= 4 is 33.2 Å². The first-order valence-electron chi connectivity index (χ1n) is 6.62. The number of nitrogens with one attached hydrogen (secondary N) is 2. The fourth-order valence-electron chi connectivity index (χ4n) is 1.97. The van der Waals surface area contributed by atoms with E-state index in [-0.39, 0.29) is 5.91 Å². The molecule has 0 aliphatic carbocycles. The van der Waals surface area contributed by atoms with Crippen molar-refractivity contribution in [3.63, 3.8) is 0 Å². The Bertz CT molecular complexity index is 673. The molecule has 0 bridgehead atoms. The van der Waals surface area contributed by atoms with Crippen molar-refractivity contribution in [1.82, 2.24) is 0 Å². The molecule has 1 amide bonds. The zero-order chi connectivity index (χ0) is 15.4. The molecule has 0 spiro atoms. The van der Waals surface area contributed by atoms with Gasteiger partial charge in [0.1, 0.15) is 5.82 Å². The molecule has 0 aromatic heterocycles. The number of benzene rings is 2. The number of hydrogen-bond donors (Lipinski definition) is 2. The predicted octanol–water partition coefficient (Wildman–Crippen LogP) is 4.58. The Hall–Kier alpha value is -1.88. The molecule has 0 aliphatic rings. The summed E-state index contributed by atoms with van der Waals surface area (Å²) in [5.41, 5.74) is 2.96. The highest BCUT2D eigenvalue weighted by atomic mass is 79.9. The smallest absolute Gasteiger partial charge is 0.255 e. The van der Waals surface area contributed by atoms with Crippen LogP contribution in [0.5, 0.6) is 0 Å². The molecule has 0 fully saturated rings. The fourth-order valence-corrected chi connectivity index (χ4v) is 2.22. The van der Waals surface area contributed by atoms with Gasteiger partial charge in [-0.15, -0.1) is 0 Å². The molecule has 110 valence electrons. The van der Waals surface area contributed by atoms with Gasteiger partial charge in [-0.05, 0) is 71.7 Å². The molecule has 3 nitrogen and oxygen atoms in total. The number of rotatable bonds is 4. The highest BCUT2D eigenvalue weighted by molar-refractivity contribution is 9.10. The summed E-state index contributed by atoms with van der Waals surface area (Å²) in [6.45, 7) is 4.78. The molecule has 0 radical (unpaired) electrons. The summed E-state index contributed by atoms with van der Waals surface area (Å²) >= 11 is 3.08. The summed E-state index contributed by atoms with van der Waals surface area (Å²) in [6, 6.07) is 9.91. The third-order valence-corrected chi connectivity index (χ3v) is 3.68. The van der Waals surface area contributed by atoms with E-state index in [0.29, 0.717) is 15.7 Å². The van der Waals surface area contributed by atoms with Gasteiger partial charge in [-0.2, -0.15) is 0 Å². The minimum atomic E-state index is -0.411. The van der Waals surface area contributed by atoms with Crippen LogP contribution >= 0.6 is 15.9 Å². The lowest BCUT2D eigenvalue weighted by atomic mass is 10.1. The van der Waals surface area contributed by atoms with Crippen molar-refractivity contribution in [2.24, 2.45) is 0 Å². The van der Waals surface area contributed by atoms with E-state index in [2.05, 4.69) is 26.6 Å². The maximum absolute atomic E-state index is 13.4. The fraction of sp³-hybridized carbons (Fsp3) is 0.188. The Labute approximate surface area is 131 Å². The number of halogens is 2. The van der Waals surface area contributed by atoms with Crippen LogP contribution in [0.1, 0.15) is 22.8 Å². The van der Waals surface area contributed by atoms with Crippen molar-refractivity contribution < 1.29 is 9.18 Å². The highest BCUT2D eigenvalue weighted by Gasteiger charge is 2.09. The average molecular weight is 351 g/mol. The maximum atomic E-state index is 13.4. The summed E-state index contributed by atoms with van der Waals surface area (Å²) in [5.74, 6) is -0.672. The van der Waals surface area contributed by atoms with Gasteiger partial charge in [0.25, 0.3) is 5.91 Å². The van der Waals surface area contributed by atoms with E-state index in [1.54, 1.807) is 18.2 Å². The van der Waals surface area contributed by atoms with Gasteiger partial charge < -0.3 is 10.6 Å². The molecule has 2 aromatic rings. The lowest BCUT2D eigenvalue weighted by Gasteiger charge is -2.10. The topological polar surface area (TPSA) is 41.1 Å². The summed E-state index contributed by atoms with van der Waals surface area (Å²) in [4.78, 5) is 12.2. The van der Waals surface area contributed by atoms with Crippen LogP contribution in [0, 0.1) is 12.7 Å². The van der Waals surface area contributed by atoms with Crippen molar-refractivity contribution in [1.29, 1.82) is 0 Å². The van der Waals surface area contributed by atoms with Crippen LogP contribution < -0.4 is 10.6 Å². The van der Waals surface area contributed by atoms with Crippen molar-refractivity contribution in [3.8, 4) is 0 Å². The molecule has 0 heterocycles. The van der Waals surface area contributed by atoms with Gasteiger partial charge in [-0.3, -0.25) is 4.79 Å². The first kappa shape index (κ1) is 15.5. The molecule has 0 saturated carbocycles. The number of anilines is 2. The predicted molar refractivity (Wildman–Crippen MR) is 87.4 cm³/mol. The second kappa shape index (κ2) is 6.72. The van der Waals surface area contributed by atoms with E-state index < -0.39 is 5.82 Å². The molecular weight excluding hydrogens is 335 g/mol. The molecule has 21 heavy (non-hydrogen) atoms. The Balaban J connectivity index is 2.16. The largest absolute Gasteiger partial charge is 0.385 e. The Kier molecular flexibility index (Phi) is 4.96. The zero-order valence-corrected chi connectivity index (χ0v) is 13.4. The summed E-state index contributed by atoms with van der Waals surface area (Å²) in [5, 5.41) is 5.90. The second-order valence-electron chi connectivity index (χ2n) is 4.64. The summed E-state index contributed by atoms with van der Waals surface area (Å²) in [7, 11) is 0. The Morgan fingerprint density at radius 1 is 1.24 bits per heavy atom. The molecule has 0 aliphatic heterocycles. The zero-order valence-electron chi connectivity index (χ0n) is 11.8. The molecule has 0 atom stereocenters. The normalized spacial score (nSPS) is 10.3. The van der Waals surface area contributed by atoms with Crippen molar-refractivity contribution in [3.05, 3.63) is 57.8 Å². The molecule has 2 rings (SSSR count). The van der Waals surface area contributed by atoms with E-state index in [9.17, 15) is 9.18 Å². The second-order valence-corrected chi connectivity index (χ2v) is 5.50. The minimum absolute atomic E-state index is 0.261. The highest BCUT2D eigenvalue weighted by Crippen LogP contribution is 2.21. The van der Waals surface area contributed by atoms with E-state index in [1.165, 1.54) is 6.07 Å². The monoisotopic (exact) mass is 350 g/mol. The van der Waals surface area contributed by atoms with Gasteiger partial charge in [0.05, 0.1) is 4.47 Å². The van der Waals surface area contributed by atoms with E-state index in [0.717, 1.165) is 17.8 Å². The third kappa shape index (κ3) is 3.82. The van der Waals surface area contributed by atoms with Crippen molar-refractivity contribution in [2.45, 2.75) is 13.8 Å². The number of hydrogen-bond acceptors (Lipinski definition) is 2. The van der Waals surface area contributed by atoms with Gasteiger partial charge >= 0.3 is 0 Å². The first-order valence-corrected chi connectivity index (χ1v) is 7.41. The molecular formula is C16H16BrFN2O. The SMILES string of the molecule is CCNc1ccc(C(=O)Nc2ccc(Br)c(F)c2)cc1C. The van der Waals surface area contributed by atoms with Gasteiger partial charge in [0.2, 0.25) is 0 Å². The minimum Gasteiger partial charge on any atom is -0.385 e. The molecule has 0 saturated heterocycles. The Morgan fingerprint density at radius 2 is 2.00 bits per heavy atom. The summed E-state index contributed by atoms with van der Waals surface area (Å²) < 4.78 is 13.8.